The number of aliphatic carboxylic acids is 1. The Morgan fingerprint density at radius 1 is 1.47 bits per heavy atom. The Bertz CT molecular complexity index is 627. The summed E-state index contributed by atoms with van der Waals surface area (Å²) in [6.45, 7) is 2.46. The summed E-state index contributed by atoms with van der Waals surface area (Å²) >= 11 is 3.38. The molecule has 0 bridgehead atoms. The zero-order valence-corrected chi connectivity index (χ0v) is 12.8. The fraction of sp³-hybridized carbons (Fsp3) is 0.417. The number of carboxylic acid groups (broad SMARTS) is 1. The van der Waals surface area contributed by atoms with Crippen LogP contribution in [0.1, 0.15) is 12.0 Å². The van der Waals surface area contributed by atoms with E-state index in [9.17, 15) is 13.2 Å². The average molecular weight is 348 g/mol. The van der Waals surface area contributed by atoms with Crippen molar-refractivity contribution in [3.63, 3.8) is 0 Å². The first-order chi connectivity index (χ1) is 8.81. The van der Waals surface area contributed by atoms with Gasteiger partial charge in [-0.3, -0.25) is 4.79 Å². The van der Waals surface area contributed by atoms with Gasteiger partial charge in [-0.1, -0.05) is 0 Å². The summed E-state index contributed by atoms with van der Waals surface area (Å²) in [7, 11) is -3.28. The van der Waals surface area contributed by atoms with E-state index in [-0.39, 0.29) is 17.1 Å². The lowest BCUT2D eigenvalue weighted by molar-refractivity contribution is -0.136. The van der Waals surface area contributed by atoms with Gasteiger partial charge in [-0.2, -0.15) is 0 Å². The highest BCUT2D eigenvalue weighted by molar-refractivity contribution is 9.10. The maximum Gasteiger partial charge on any atom is 0.305 e. The molecule has 1 aliphatic heterocycles. The van der Waals surface area contributed by atoms with E-state index < -0.39 is 15.8 Å². The van der Waals surface area contributed by atoms with Crippen molar-refractivity contribution in [2.24, 2.45) is 0 Å². The third-order valence-corrected chi connectivity index (χ3v) is 5.36. The van der Waals surface area contributed by atoms with Crippen LogP contribution in [-0.4, -0.2) is 38.3 Å². The molecule has 5 nitrogen and oxygen atoms in total. The van der Waals surface area contributed by atoms with Crippen molar-refractivity contribution in [1.29, 1.82) is 0 Å². The molecule has 7 heteroatoms. The molecule has 0 radical (unpaired) electrons. The van der Waals surface area contributed by atoms with Crippen LogP contribution in [0.25, 0.3) is 0 Å². The van der Waals surface area contributed by atoms with Crippen molar-refractivity contribution in [2.45, 2.75) is 18.2 Å². The summed E-state index contributed by atoms with van der Waals surface area (Å²) in [6, 6.07) is 3.48. The van der Waals surface area contributed by atoms with Gasteiger partial charge in [-0.25, -0.2) is 8.42 Å². The van der Waals surface area contributed by atoms with E-state index in [1.165, 1.54) is 0 Å². The maximum absolute atomic E-state index is 12.1. The Hall–Kier alpha value is -1.08. The zero-order chi connectivity index (χ0) is 14.2. The number of aryl methyl sites for hydroxylation is 1. The number of halogens is 1. The predicted octanol–water partition coefficient (Wildman–Crippen LogP) is 1.83. The van der Waals surface area contributed by atoms with Gasteiger partial charge in [0.05, 0.1) is 22.8 Å². The molecule has 0 unspecified atom stereocenters. The van der Waals surface area contributed by atoms with Crippen molar-refractivity contribution in [3.05, 3.63) is 22.2 Å². The zero-order valence-electron chi connectivity index (χ0n) is 10.4. The summed E-state index contributed by atoms with van der Waals surface area (Å²) in [4.78, 5) is 12.8. The minimum atomic E-state index is -3.28. The number of sulfone groups is 1. The lowest BCUT2D eigenvalue weighted by atomic mass is 10.2. The van der Waals surface area contributed by atoms with E-state index in [4.69, 9.17) is 5.11 Å². The second-order valence-electron chi connectivity index (χ2n) is 4.54. The lowest BCUT2D eigenvalue weighted by Crippen LogP contribution is -2.37. The highest BCUT2D eigenvalue weighted by Gasteiger charge is 2.30. The van der Waals surface area contributed by atoms with Crippen molar-refractivity contribution in [2.75, 3.05) is 23.7 Å². The number of hydrogen-bond donors (Lipinski definition) is 1. The molecule has 0 aliphatic carbocycles. The van der Waals surface area contributed by atoms with Gasteiger partial charge in [-0.05, 0) is 40.5 Å². The molecule has 0 spiro atoms. The van der Waals surface area contributed by atoms with Crippen molar-refractivity contribution in [1.82, 2.24) is 0 Å². The topological polar surface area (TPSA) is 74.7 Å². The van der Waals surface area contributed by atoms with Gasteiger partial charge in [0.1, 0.15) is 0 Å². The largest absolute Gasteiger partial charge is 0.481 e. The number of rotatable bonds is 3. The number of hydrogen-bond acceptors (Lipinski definition) is 4. The van der Waals surface area contributed by atoms with Gasteiger partial charge in [0.25, 0.3) is 0 Å². The average Bonchev–Trinajstić information content (AvgIpc) is 2.28. The molecule has 1 N–H and O–H groups in total. The monoisotopic (exact) mass is 347 g/mol. The molecule has 0 amide bonds. The van der Waals surface area contributed by atoms with Crippen LogP contribution in [0.3, 0.4) is 0 Å². The van der Waals surface area contributed by atoms with E-state index in [1.807, 2.05) is 17.9 Å². The van der Waals surface area contributed by atoms with Gasteiger partial charge in [0.15, 0.2) is 9.84 Å². The van der Waals surface area contributed by atoms with Crippen molar-refractivity contribution in [3.8, 4) is 0 Å². The third-order valence-electron chi connectivity index (χ3n) is 3.05. The van der Waals surface area contributed by atoms with Crippen LogP contribution in [0.4, 0.5) is 5.69 Å². The summed E-state index contributed by atoms with van der Waals surface area (Å²) < 4.78 is 24.9. The Labute approximate surface area is 120 Å². The number of nitrogens with zero attached hydrogens (tertiary/aromatic N) is 1. The van der Waals surface area contributed by atoms with E-state index in [0.29, 0.717) is 23.2 Å². The highest BCUT2D eigenvalue weighted by Crippen LogP contribution is 2.38. The first kappa shape index (κ1) is 14.3. The second kappa shape index (κ2) is 5.13. The Morgan fingerprint density at radius 3 is 2.79 bits per heavy atom. The van der Waals surface area contributed by atoms with Crippen LogP contribution in [0.15, 0.2) is 21.5 Å². The molecular formula is C12H14BrNO4S. The summed E-state index contributed by atoms with van der Waals surface area (Å²) in [5.41, 5.74) is 1.44. The van der Waals surface area contributed by atoms with Crippen LogP contribution in [0.5, 0.6) is 0 Å². The van der Waals surface area contributed by atoms with Gasteiger partial charge in [0, 0.05) is 17.6 Å². The SMILES string of the molecule is Cc1cc(Br)c2c(c1)S(=O)(=O)CCN2CCC(=O)O. The van der Waals surface area contributed by atoms with Gasteiger partial charge >= 0.3 is 5.97 Å². The van der Waals surface area contributed by atoms with Crippen LogP contribution >= 0.6 is 15.9 Å². The fourth-order valence-corrected chi connectivity index (χ4v) is 4.69. The number of fused-ring (bicyclic) bond motifs is 1. The smallest absolute Gasteiger partial charge is 0.305 e. The van der Waals surface area contributed by atoms with E-state index in [0.717, 1.165) is 5.56 Å². The van der Waals surface area contributed by atoms with Crippen molar-refractivity contribution < 1.29 is 18.3 Å². The van der Waals surface area contributed by atoms with E-state index >= 15 is 0 Å². The number of benzene rings is 1. The number of carbonyl (C=O) groups is 1. The van der Waals surface area contributed by atoms with Gasteiger partial charge in [0.2, 0.25) is 0 Å². The Balaban J connectivity index is 2.48. The first-order valence-corrected chi connectivity index (χ1v) is 8.25. The molecule has 0 atom stereocenters. The van der Waals surface area contributed by atoms with Crippen LogP contribution in [0.2, 0.25) is 0 Å². The Morgan fingerprint density at radius 2 is 2.16 bits per heavy atom. The summed E-state index contributed by atoms with van der Waals surface area (Å²) in [6.07, 6.45) is -0.0141. The molecule has 1 aliphatic rings. The van der Waals surface area contributed by atoms with Crippen LogP contribution in [-0.2, 0) is 14.6 Å². The standard InChI is InChI=1S/C12H14BrNO4S/c1-8-6-9(13)12-10(7-8)19(17,18)5-4-14(12)3-2-11(15)16/h6-7H,2-5H2,1H3,(H,15,16). The molecule has 0 fully saturated rings. The minimum Gasteiger partial charge on any atom is -0.481 e. The molecule has 0 saturated carbocycles. The molecular weight excluding hydrogens is 334 g/mol. The maximum atomic E-state index is 12.1. The van der Waals surface area contributed by atoms with Crippen molar-refractivity contribution >= 4 is 37.4 Å². The molecule has 104 valence electrons. The molecule has 0 saturated heterocycles. The third kappa shape index (κ3) is 2.92. The van der Waals surface area contributed by atoms with Gasteiger partial charge in [-0.15, -0.1) is 0 Å². The fourth-order valence-electron chi connectivity index (χ4n) is 2.15. The van der Waals surface area contributed by atoms with E-state index in [1.54, 1.807) is 6.07 Å². The van der Waals surface area contributed by atoms with Crippen LogP contribution < -0.4 is 4.90 Å². The second-order valence-corrected chi connectivity index (χ2v) is 7.48. The number of anilines is 1. The van der Waals surface area contributed by atoms with E-state index in [2.05, 4.69) is 15.9 Å². The highest BCUT2D eigenvalue weighted by atomic mass is 79.9. The number of carboxylic acids is 1. The summed E-state index contributed by atoms with van der Waals surface area (Å²) in [5.74, 6) is -0.867. The first-order valence-electron chi connectivity index (χ1n) is 5.81. The molecule has 1 aromatic rings. The molecule has 1 heterocycles. The van der Waals surface area contributed by atoms with Crippen LogP contribution in [0, 0.1) is 6.92 Å². The quantitative estimate of drug-likeness (QED) is 0.902. The molecule has 1 aromatic carbocycles. The molecule has 19 heavy (non-hydrogen) atoms. The Kier molecular flexibility index (Phi) is 3.87. The predicted molar refractivity (Wildman–Crippen MR) is 75.4 cm³/mol. The normalized spacial score (nSPS) is 17.1. The minimum absolute atomic E-state index is 0.0141. The molecule has 2 rings (SSSR count). The lowest BCUT2D eigenvalue weighted by Gasteiger charge is -2.31. The summed E-state index contributed by atoms with van der Waals surface area (Å²) in [5, 5.41) is 8.75. The van der Waals surface area contributed by atoms with Gasteiger partial charge < -0.3 is 10.0 Å². The molecule has 0 aromatic heterocycles.